The SMILES string of the molecule is CC(C)[C@@H](CO)NCc1nnnn1C(C)C. The molecule has 1 aromatic heterocycles. The highest BCUT2D eigenvalue weighted by Crippen LogP contribution is 2.05. The second-order valence-electron chi connectivity index (χ2n) is 4.55. The van der Waals surface area contributed by atoms with Crippen LogP contribution in [0, 0.1) is 5.92 Å². The Kier molecular flexibility index (Phi) is 4.82. The standard InChI is InChI=1S/C10H21N5O/c1-7(2)9(6-16)11-5-10-12-13-14-15(10)8(3)4/h7-9,11,16H,5-6H2,1-4H3/t9-/m1/s1. The zero-order chi connectivity index (χ0) is 12.1. The van der Waals surface area contributed by atoms with E-state index in [2.05, 4.69) is 34.7 Å². The van der Waals surface area contributed by atoms with E-state index in [1.165, 1.54) is 0 Å². The first-order valence-corrected chi connectivity index (χ1v) is 5.67. The fraction of sp³-hybridized carbons (Fsp3) is 0.900. The quantitative estimate of drug-likeness (QED) is 0.734. The minimum Gasteiger partial charge on any atom is -0.395 e. The summed E-state index contributed by atoms with van der Waals surface area (Å²) in [6, 6.07) is 0.329. The highest BCUT2D eigenvalue weighted by Gasteiger charge is 2.14. The summed E-state index contributed by atoms with van der Waals surface area (Å²) >= 11 is 0. The van der Waals surface area contributed by atoms with Crippen molar-refractivity contribution in [3.8, 4) is 0 Å². The molecule has 1 aromatic rings. The second kappa shape index (κ2) is 5.91. The van der Waals surface area contributed by atoms with E-state index in [0.717, 1.165) is 5.82 Å². The molecule has 0 aliphatic rings. The molecule has 0 aliphatic carbocycles. The molecule has 1 rings (SSSR count). The Hall–Kier alpha value is -1.01. The average molecular weight is 227 g/mol. The molecule has 0 spiro atoms. The van der Waals surface area contributed by atoms with Crippen LogP contribution in [-0.2, 0) is 6.54 Å². The predicted molar refractivity (Wildman–Crippen MR) is 60.8 cm³/mol. The molecule has 1 atom stereocenters. The van der Waals surface area contributed by atoms with Crippen LogP contribution in [0.4, 0.5) is 0 Å². The van der Waals surface area contributed by atoms with Gasteiger partial charge in [0.2, 0.25) is 0 Å². The van der Waals surface area contributed by atoms with Gasteiger partial charge in [0.25, 0.3) is 0 Å². The summed E-state index contributed by atoms with van der Waals surface area (Å²) in [5.74, 6) is 1.18. The lowest BCUT2D eigenvalue weighted by Gasteiger charge is -2.19. The van der Waals surface area contributed by atoms with Crippen LogP contribution in [0.2, 0.25) is 0 Å². The van der Waals surface area contributed by atoms with Gasteiger partial charge in [-0.25, -0.2) is 4.68 Å². The Morgan fingerprint density at radius 3 is 2.50 bits per heavy atom. The summed E-state index contributed by atoms with van der Waals surface area (Å²) in [4.78, 5) is 0. The van der Waals surface area contributed by atoms with Gasteiger partial charge in [-0.3, -0.25) is 0 Å². The van der Waals surface area contributed by atoms with E-state index in [-0.39, 0.29) is 18.7 Å². The van der Waals surface area contributed by atoms with E-state index < -0.39 is 0 Å². The van der Waals surface area contributed by atoms with E-state index >= 15 is 0 Å². The number of nitrogens with zero attached hydrogens (tertiary/aromatic N) is 4. The number of aromatic nitrogens is 4. The van der Waals surface area contributed by atoms with Crippen LogP contribution >= 0.6 is 0 Å². The number of aliphatic hydroxyl groups is 1. The lowest BCUT2D eigenvalue weighted by atomic mass is 10.1. The Morgan fingerprint density at radius 1 is 1.31 bits per heavy atom. The van der Waals surface area contributed by atoms with E-state index in [1.807, 2.05) is 13.8 Å². The van der Waals surface area contributed by atoms with E-state index in [0.29, 0.717) is 12.5 Å². The summed E-state index contributed by atoms with van der Waals surface area (Å²) in [5, 5.41) is 24.0. The first-order chi connectivity index (χ1) is 7.56. The van der Waals surface area contributed by atoms with Gasteiger partial charge in [0, 0.05) is 6.04 Å². The maximum absolute atomic E-state index is 9.18. The third kappa shape index (κ3) is 3.24. The number of rotatable bonds is 6. The van der Waals surface area contributed by atoms with Crippen LogP contribution in [0.5, 0.6) is 0 Å². The number of tetrazole rings is 1. The molecule has 2 N–H and O–H groups in total. The first kappa shape index (κ1) is 13.1. The van der Waals surface area contributed by atoms with Crippen LogP contribution in [0.1, 0.15) is 39.6 Å². The Labute approximate surface area is 96.0 Å². The van der Waals surface area contributed by atoms with Gasteiger partial charge in [-0.05, 0) is 30.2 Å². The van der Waals surface area contributed by atoms with Crippen LogP contribution in [-0.4, -0.2) is 38.0 Å². The molecule has 0 fully saturated rings. The largest absolute Gasteiger partial charge is 0.395 e. The van der Waals surface area contributed by atoms with Crippen LogP contribution < -0.4 is 5.32 Å². The zero-order valence-electron chi connectivity index (χ0n) is 10.4. The Balaban J connectivity index is 2.56. The smallest absolute Gasteiger partial charge is 0.165 e. The first-order valence-electron chi connectivity index (χ1n) is 5.67. The van der Waals surface area contributed by atoms with Crippen LogP contribution in [0.15, 0.2) is 0 Å². The van der Waals surface area contributed by atoms with Crippen molar-refractivity contribution in [3.05, 3.63) is 5.82 Å². The summed E-state index contributed by atoms with van der Waals surface area (Å²) in [5.41, 5.74) is 0. The van der Waals surface area contributed by atoms with Crippen molar-refractivity contribution in [1.82, 2.24) is 25.5 Å². The van der Waals surface area contributed by atoms with Crippen molar-refractivity contribution in [2.75, 3.05) is 6.61 Å². The number of aliphatic hydroxyl groups excluding tert-OH is 1. The zero-order valence-corrected chi connectivity index (χ0v) is 10.4. The topological polar surface area (TPSA) is 75.9 Å². The van der Waals surface area contributed by atoms with Crippen molar-refractivity contribution in [2.45, 2.75) is 46.3 Å². The molecule has 0 unspecified atom stereocenters. The molecule has 1 heterocycles. The van der Waals surface area contributed by atoms with Gasteiger partial charge in [-0.1, -0.05) is 13.8 Å². The number of hydrogen-bond acceptors (Lipinski definition) is 5. The maximum atomic E-state index is 9.18. The molecule has 0 amide bonds. The molecule has 6 heteroatoms. The van der Waals surface area contributed by atoms with E-state index in [9.17, 15) is 5.11 Å². The summed E-state index contributed by atoms with van der Waals surface area (Å²) in [6.45, 7) is 8.91. The molecular weight excluding hydrogens is 206 g/mol. The van der Waals surface area contributed by atoms with Crippen molar-refractivity contribution < 1.29 is 5.11 Å². The maximum Gasteiger partial charge on any atom is 0.165 e. The monoisotopic (exact) mass is 227 g/mol. The lowest BCUT2D eigenvalue weighted by Crippen LogP contribution is -2.37. The highest BCUT2D eigenvalue weighted by molar-refractivity contribution is 4.84. The van der Waals surface area contributed by atoms with Crippen molar-refractivity contribution >= 4 is 0 Å². The molecule has 0 radical (unpaired) electrons. The van der Waals surface area contributed by atoms with E-state index in [4.69, 9.17) is 0 Å². The predicted octanol–water partition coefficient (Wildman–Crippen LogP) is 0.360. The van der Waals surface area contributed by atoms with Gasteiger partial charge >= 0.3 is 0 Å². The fourth-order valence-electron chi connectivity index (χ4n) is 1.46. The summed E-state index contributed by atoms with van der Waals surface area (Å²) < 4.78 is 1.78. The fourth-order valence-corrected chi connectivity index (χ4v) is 1.46. The summed E-state index contributed by atoms with van der Waals surface area (Å²) in [7, 11) is 0. The third-order valence-electron chi connectivity index (χ3n) is 2.57. The molecule has 0 aliphatic heterocycles. The van der Waals surface area contributed by atoms with Gasteiger partial charge in [0.05, 0.1) is 19.2 Å². The van der Waals surface area contributed by atoms with Gasteiger partial charge in [-0.2, -0.15) is 0 Å². The van der Waals surface area contributed by atoms with Gasteiger partial charge in [0.15, 0.2) is 5.82 Å². The average Bonchev–Trinajstić information content (AvgIpc) is 2.66. The minimum atomic E-state index is 0.0808. The Bertz CT molecular complexity index is 310. The number of nitrogens with one attached hydrogen (secondary N) is 1. The van der Waals surface area contributed by atoms with Crippen molar-refractivity contribution in [1.29, 1.82) is 0 Å². The van der Waals surface area contributed by atoms with Crippen LogP contribution in [0.25, 0.3) is 0 Å². The lowest BCUT2D eigenvalue weighted by molar-refractivity contribution is 0.208. The van der Waals surface area contributed by atoms with Gasteiger partial charge < -0.3 is 10.4 Å². The van der Waals surface area contributed by atoms with Gasteiger partial charge in [0.1, 0.15) is 0 Å². The molecule has 6 nitrogen and oxygen atoms in total. The van der Waals surface area contributed by atoms with Gasteiger partial charge in [-0.15, -0.1) is 5.10 Å². The highest BCUT2D eigenvalue weighted by atomic mass is 16.3. The molecule has 0 saturated carbocycles. The minimum absolute atomic E-state index is 0.0808. The van der Waals surface area contributed by atoms with Crippen molar-refractivity contribution in [2.24, 2.45) is 5.92 Å². The Morgan fingerprint density at radius 2 is 2.00 bits per heavy atom. The molecule has 92 valence electrons. The molecule has 0 aromatic carbocycles. The van der Waals surface area contributed by atoms with Crippen molar-refractivity contribution in [3.63, 3.8) is 0 Å². The second-order valence-corrected chi connectivity index (χ2v) is 4.55. The molecule has 0 saturated heterocycles. The number of hydrogen-bond donors (Lipinski definition) is 2. The summed E-state index contributed by atoms with van der Waals surface area (Å²) in [6.07, 6.45) is 0. The molecule has 16 heavy (non-hydrogen) atoms. The normalized spacial score (nSPS) is 13.7. The third-order valence-corrected chi connectivity index (χ3v) is 2.57. The molecular formula is C10H21N5O. The van der Waals surface area contributed by atoms with E-state index in [1.54, 1.807) is 4.68 Å². The van der Waals surface area contributed by atoms with Crippen LogP contribution in [0.3, 0.4) is 0 Å². The molecule has 0 bridgehead atoms.